The van der Waals surface area contributed by atoms with Gasteiger partial charge < -0.3 is 30.1 Å². The molecular weight excluding hydrogens is 570 g/mol. The number of ether oxygens (including phenoxy) is 1. The molecule has 4 aliphatic heterocycles. The molecule has 13 heteroatoms. The van der Waals surface area contributed by atoms with Crippen LogP contribution in [0.5, 0.6) is 0 Å². The Morgan fingerprint density at radius 2 is 1.77 bits per heavy atom. The number of pyridine rings is 1. The third-order valence-electron chi connectivity index (χ3n) is 10.1. The number of carbonyl (C=O) groups excluding carboxylic acids is 4. The zero-order valence-corrected chi connectivity index (χ0v) is 25.5. The normalized spacial score (nSPS) is 26.3. The van der Waals surface area contributed by atoms with E-state index in [1.807, 2.05) is 17.0 Å². The molecule has 1 aliphatic carbocycles. The Bertz CT molecular complexity index is 1460. The van der Waals surface area contributed by atoms with Crippen LogP contribution in [0.3, 0.4) is 0 Å². The summed E-state index contributed by atoms with van der Waals surface area (Å²) in [4.78, 5) is 68.7. The second kappa shape index (κ2) is 9.98. The minimum absolute atomic E-state index is 0.00235. The van der Waals surface area contributed by atoms with Gasteiger partial charge in [-0.1, -0.05) is 19.9 Å². The van der Waals surface area contributed by atoms with Crippen LogP contribution in [0.1, 0.15) is 41.7 Å². The molecule has 2 N–H and O–H groups in total. The lowest BCUT2D eigenvalue weighted by Crippen LogP contribution is -2.66. The van der Waals surface area contributed by atoms with Gasteiger partial charge in [-0.3, -0.25) is 24.2 Å². The second-order valence-corrected chi connectivity index (χ2v) is 14.6. The van der Waals surface area contributed by atoms with E-state index >= 15 is 0 Å². The van der Waals surface area contributed by atoms with Crippen molar-refractivity contribution in [3.8, 4) is 0 Å². The van der Waals surface area contributed by atoms with E-state index in [0.717, 1.165) is 38.5 Å². The summed E-state index contributed by atoms with van der Waals surface area (Å²) >= 11 is 1.26. The van der Waals surface area contributed by atoms with E-state index < -0.39 is 17.4 Å². The van der Waals surface area contributed by atoms with Gasteiger partial charge >= 0.3 is 0 Å². The molecule has 4 amide bonds. The number of aromatic nitrogens is 2. The number of thiazole rings is 1. The van der Waals surface area contributed by atoms with E-state index in [1.54, 1.807) is 16.5 Å². The summed E-state index contributed by atoms with van der Waals surface area (Å²) in [5.41, 5.74) is 1.68. The van der Waals surface area contributed by atoms with Gasteiger partial charge in [-0.2, -0.15) is 0 Å². The monoisotopic (exact) mass is 607 g/mol. The van der Waals surface area contributed by atoms with Crippen LogP contribution in [0, 0.1) is 28.1 Å². The van der Waals surface area contributed by atoms with Crippen molar-refractivity contribution in [2.75, 3.05) is 64.4 Å². The zero-order chi connectivity index (χ0) is 30.1. The summed E-state index contributed by atoms with van der Waals surface area (Å²) in [6, 6.07) is 4.50. The van der Waals surface area contributed by atoms with Crippen LogP contribution in [-0.4, -0.2) is 103 Å². The number of amides is 4. The molecule has 0 aromatic carbocycles. The largest absolute Gasteiger partial charge is 0.380 e. The molecule has 6 heterocycles. The van der Waals surface area contributed by atoms with Crippen molar-refractivity contribution in [1.82, 2.24) is 30.4 Å². The Balaban J connectivity index is 1.10. The lowest BCUT2D eigenvalue weighted by Gasteiger charge is -2.55. The molecule has 4 saturated heterocycles. The Morgan fingerprint density at radius 1 is 1.05 bits per heavy atom. The van der Waals surface area contributed by atoms with Gasteiger partial charge in [0.2, 0.25) is 17.7 Å². The molecule has 1 unspecified atom stereocenters. The van der Waals surface area contributed by atoms with E-state index in [2.05, 4.69) is 34.4 Å². The Hall–Kier alpha value is -3.58. The fourth-order valence-electron chi connectivity index (χ4n) is 7.20. The third-order valence-corrected chi connectivity index (χ3v) is 10.8. The minimum Gasteiger partial charge on any atom is -0.380 e. The van der Waals surface area contributed by atoms with E-state index in [0.29, 0.717) is 30.2 Å². The van der Waals surface area contributed by atoms with E-state index in [-0.39, 0.29) is 46.9 Å². The van der Waals surface area contributed by atoms with Gasteiger partial charge in [-0.05, 0) is 24.0 Å². The van der Waals surface area contributed by atoms with Crippen molar-refractivity contribution in [3.63, 3.8) is 0 Å². The molecule has 12 nitrogen and oxygen atoms in total. The summed E-state index contributed by atoms with van der Waals surface area (Å²) in [7, 11) is 1.53. The Kier molecular flexibility index (Phi) is 6.55. The van der Waals surface area contributed by atoms with Crippen LogP contribution in [0.4, 0.5) is 5.82 Å². The van der Waals surface area contributed by atoms with E-state index in [4.69, 9.17) is 9.72 Å². The molecule has 5 aliphatic rings. The number of likely N-dealkylation sites (N-methyl/N-ethyl adjacent to an activating group) is 1. The zero-order valence-electron chi connectivity index (χ0n) is 24.7. The molecular formula is C30H37N7O5S. The molecule has 43 heavy (non-hydrogen) atoms. The van der Waals surface area contributed by atoms with E-state index in [9.17, 15) is 19.2 Å². The SMILES string of the molecule is CNC(=O)C(NC(=O)[C@@H]1CN(C(=O)c2cncs2)CC12CN(C(=O)[C@H]1CC1(C)C)C2)c1cccc(N2CC3(COC3)C2)n1. The fraction of sp³-hybridized carbons (Fsp3) is 0.600. The molecule has 5 fully saturated rings. The number of carbonyl (C=O) groups is 4. The maximum absolute atomic E-state index is 14.1. The summed E-state index contributed by atoms with van der Waals surface area (Å²) in [5, 5.41) is 5.64. The first-order chi connectivity index (χ1) is 20.5. The Labute approximate surface area is 254 Å². The van der Waals surface area contributed by atoms with Gasteiger partial charge in [0.15, 0.2) is 6.04 Å². The van der Waals surface area contributed by atoms with Crippen molar-refractivity contribution >= 4 is 40.8 Å². The quantitative estimate of drug-likeness (QED) is 0.475. The Morgan fingerprint density at radius 3 is 2.37 bits per heavy atom. The lowest BCUT2D eigenvalue weighted by atomic mass is 9.70. The summed E-state index contributed by atoms with van der Waals surface area (Å²) in [5.74, 6) is -0.593. The highest BCUT2D eigenvalue weighted by Gasteiger charge is 2.62. The van der Waals surface area contributed by atoms with Gasteiger partial charge in [0.05, 0.1) is 41.9 Å². The molecule has 2 aromatic rings. The van der Waals surface area contributed by atoms with Gasteiger partial charge in [0.1, 0.15) is 10.7 Å². The number of hydrogen-bond donors (Lipinski definition) is 2. The van der Waals surface area contributed by atoms with Gasteiger partial charge in [0, 0.05) is 57.6 Å². The van der Waals surface area contributed by atoms with Gasteiger partial charge in [0.25, 0.3) is 5.91 Å². The third kappa shape index (κ3) is 4.76. The average molecular weight is 608 g/mol. The fourth-order valence-corrected chi connectivity index (χ4v) is 7.78. The molecule has 228 valence electrons. The van der Waals surface area contributed by atoms with Crippen LogP contribution in [0.15, 0.2) is 29.9 Å². The van der Waals surface area contributed by atoms with Crippen LogP contribution in [0.25, 0.3) is 0 Å². The topological polar surface area (TPSA) is 137 Å². The molecule has 1 saturated carbocycles. The summed E-state index contributed by atoms with van der Waals surface area (Å²) in [6.45, 7) is 8.77. The van der Waals surface area contributed by atoms with Crippen LogP contribution in [-0.2, 0) is 19.1 Å². The number of nitrogens with one attached hydrogen (secondary N) is 2. The molecule has 0 radical (unpaired) electrons. The molecule has 7 rings (SSSR count). The summed E-state index contributed by atoms with van der Waals surface area (Å²) in [6.07, 6.45) is 2.40. The van der Waals surface area contributed by atoms with Crippen LogP contribution >= 0.6 is 11.3 Å². The number of likely N-dealkylation sites (tertiary alicyclic amines) is 2. The van der Waals surface area contributed by atoms with Crippen molar-refractivity contribution in [2.45, 2.75) is 26.3 Å². The second-order valence-electron chi connectivity index (χ2n) is 13.7. The summed E-state index contributed by atoms with van der Waals surface area (Å²) < 4.78 is 5.39. The number of hydrogen-bond acceptors (Lipinski definition) is 9. The highest BCUT2D eigenvalue weighted by Crippen LogP contribution is 2.54. The number of nitrogens with zero attached hydrogens (tertiary/aromatic N) is 5. The van der Waals surface area contributed by atoms with Gasteiger partial charge in [-0.15, -0.1) is 11.3 Å². The standard InChI is InChI=1S/C30H37N7O5S/c1-28(2)7-18(28)26(40)37-13-30(14-37)12-35(27(41)21-8-32-17-43-21)9-19(30)24(38)34-23(25(39)31-3)20-5-4-6-22(33-20)36-10-29(11-36)15-42-16-29/h4-6,8,17-19,23H,7,9-16H2,1-3H3,(H,31,39)(H,34,38)/t18-,19+,23?/m1/s1. The van der Waals surface area contributed by atoms with Crippen molar-refractivity contribution in [1.29, 1.82) is 0 Å². The maximum atomic E-state index is 14.1. The molecule has 0 bridgehead atoms. The first-order valence-corrected chi connectivity index (χ1v) is 15.7. The van der Waals surface area contributed by atoms with E-state index in [1.165, 1.54) is 24.6 Å². The van der Waals surface area contributed by atoms with Crippen molar-refractivity contribution in [2.24, 2.45) is 28.1 Å². The van der Waals surface area contributed by atoms with Crippen molar-refractivity contribution in [3.05, 3.63) is 40.5 Å². The van der Waals surface area contributed by atoms with Crippen LogP contribution < -0.4 is 15.5 Å². The predicted octanol–water partition coefficient (Wildman–Crippen LogP) is 0.925. The molecule has 3 atom stereocenters. The smallest absolute Gasteiger partial charge is 0.265 e. The van der Waals surface area contributed by atoms with Crippen molar-refractivity contribution < 1.29 is 23.9 Å². The number of anilines is 1. The molecule has 2 spiro atoms. The predicted molar refractivity (Wildman–Crippen MR) is 157 cm³/mol. The highest BCUT2D eigenvalue weighted by atomic mass is 32.1. The molecule has 2 aromatic heterocycles. The maximum Gasteiger partial charge on any atom is 0.265 e. The van der Waals surface area contributed by atoms with Gasteiger partial charge in [-0.25, -0.2) is 4.98 Å². The van der Waals surface area contributed by atoms with Crippen LogP contribution in [0.2, 0.25) is 0 Å². The first kappa shape index (κ1) is 28.2. The highest BCUT2D eigenvalue weighted by molar-refractivity contribution is 7.11. The number of rotatable bonds is 7. The average Bonchev–Trinajstić information content (AvgIpc) is 3.31. The lowest BCUT2D eigenvalue weighted by molar-refractivity contribution is -0.151. The minimum atomic E-state index is -1.01. The first-order valence-electron chi connectivity index (χ1n) is 14.8.